The number of imidazole rings is 1. The van der Waals surface area contributed by atoms with Crippen LogP contribution in [0.15, 0.2) is 54.6 Å². The lowest BCUT2D eigenvalue weighted by Crippen LogP contribution is -1.92. The van der Waals surface area contributed by atoms with E-state index in [0.29, 0.717) is 5.82 Å². The summed E-state index contributed by atoms with van der Waals surface area (Å²) in [6.45, 7) is 4.54. The van der Waals surface area contributed by atoms with Crippen molar-refractivity contribution in [3.05, 3.63) is 77.5 Å². The van der Waals surface area contributed by atoms with Crippen LogP contribution in [-0.2, 0) is 12.8 Å². The van der Waals surface area contributed by atoms with Gasteiger partial charge in [0.1, 0.15) is 5.82 Å². The van der Waals surface area contributed by atoms with Crippen molar-refractivity contribution in [3.63, 3.8) is 0 Å². The van der Waals surface area contributed by atoms with Gasteiger partial charge in [0.2, 0.25) is 0 Å². The summed E-state index contributed by atoms with van der Waals surface area (Å²) >= 11 is 0. The number of unbranched alkanes of at least 4 members (excludes halogenated alkanes) is 19. The molecule has 1 heterocycles. The van der Waals surface area contributed by atoms with Crippen LogP contribution in [0.4, 0.5) is 8.78 Å². The Balaban J connectivity index is 1.32. The fourth-order valence-corrected chi connectivity index (χ4v) is 7.02. The van der Waals surface area contributed by atoms with Crippen molar-refractivity contribution >= 4 is 10.8 Å². The van der Waals surface area contributed by atoms with Gasteiger partial charge in [-0.2, -0.15) is 0 Å². The summed E-state index contributed by atoms with van der Waals surface area (Å²) in [5, 5.41) is 2.41. The van der Waals surface area contributed by atoms with E-state index in [1.807, 2.05) is 0 Å². The third kappa shape index (κ3) is 12.5. The van der Waals surface area contributed by atoms with Gasteiger partial charge in [-0.3, -0.25) is 0 Å². The summed E-state index contributed by atoms with van der Waals surface area (Å²) in [6.07, 6.45) is 29.7. The third-order valence-corrected chi connectivity index (χ3v) is 10.0. The Morgan fingerprint density at radius 1 is 0.542 bits per heavy atom. The van der Waals surface area contributed by atoms with Gasteiger partial charge in [0.25, 0.3) is 0 Å². The Morgan fingerprint density at radius 2 is 1.08 bits per heavy atom. The molecule has 0 radical (unpaired) electrons. The molecule has 3 aromatic carbocycles. The average Bonchev–Trinajstić information content (AvgIpc) is 3.52. The van der Waals surface area contributed by atoms with Crippen molar-refractivity contribution in [3.8, 4) is 22.6 Å². The normalized spacial score (nSPS) is 11.6. The molecule has 0 fully saturated rings. The first-order chi connectivity index (χ1) is 23.6. The highest BCUT2D eigenvalue weighted by atomic mass is 19.2. The van der Waals surface area contributed by atoms with Crippen LogP contribution >= 0.6 is 0 Å². The molecule has 0 saturated heterocycles. The first kappa shape index (κ1) is 37.8. The zero-order valence-corrected chi connectivity index (χ0v) is 30.2. The van der Waals surface area contributed by atoms with Crippen LogP contribution < -0.4 is 0 Å². The van der Waals surface area contributed by atoms with E-state index >= 15 is 0 Å². The standard InChI is InChI=1S/C44H62F2N2/c1-3-5-7-9-11-12-13-14-15-16-17-18-19-21-23-28-41-43(48-44(47-41)39-26-24-27-40(45)42(39)46)37-32-31-36-30-29-35(33-38(36)34-37)25-22-20-10-8-6-4-2/h24,26-27,29-34H,3-23,25,28H2,1-2H3,(H,47,48). The number of aryl methyl sites for hydroxylation is 2. The Bertz CT molecular complexity index is 1470. The predicted octanol–water partition coefficient (Wildman–Crippen LogP) is 14.5. The molecule has 0 atom stereocenters. The first-order valence-corrected chi connectivity index (χ1v) is 19.7. The van der Waals surface area contributed by atoms with Crippen LogP contribution in [0.1, 0.15) is 160 Å². The van der Waals surface area contributed by atoms with Crippen molar-refractivity contribution in [1.29, 1.82) is 0 Å². The lowest BCUT2D eigenvalue weighted by Gasteiger charge is -2.08. The molecule has 0 aliphatic rings. The van der Waals surface area contributed by atoms with Gasteiger partial charge in [-0.25, -0.2) is 13.8 Å². The molecular formula is C44H62F2N2. The van der Waals surface area contributed by atoms with Crippen molar-refractivity contribution in [2.45, 2.75) is 162 Å². The highest BCUT2D eigenvalue weighted by Crippen LogP contribution is 2.32. The molecule has 262 valence electrons. The van der Waals surface area contributed by atoms with Crippen LogP contribution in [0.25, 0.3) is 33.4 Å². The number of hydrogen-bond acceptors (Lipinski definition) is 1. The van der Waals surface area contributed by atoms with E-state index in [4.69, 9.17) is 4.98 Å². The molecule has 4 rings (SSSR count). The molecule has 0 saturated carbocycles. The first-order valence-electron chi connectivity index (χ1n) is 19.7. The van der Waals surface area contributed by atoms with Crippen LogP contribution in [-0.4, -0.2) is 9.97 Å². The summed E-state index contributed by atoms with van der Waals surface area (Å²) in [7, 11) is 0. The number of benzene rings is 3. The van der Waals surface area contributed by atoms with E-state index in [1.165, 1.54) is 145 Å². The average molecular weight is 657 g/mol. The molecule has 4 heteroatoms. The van der Waals surface area contributed by atoms with Crippen molar-refractivity contribution in [2.75, 3.05) is 0 Å². The molecule has 0 aliphatic heterocycles. The fourth-order valence-electron chi connectivity index (χ4n) is 7.02. The molecule has 1 N–H and O–H groups in total. The smallest absolute Gasteiger partial charge is 0.169 e. The zero-order valence-electron chi connectivity index (χ0n) is 30.2. The third-order valence-electron chi connectivity index (χ3n) is 10.0. The summed E-state index contributed by atoms with van der Waals surface area (Å²) in [6, 6.07) is 17.6. The predicted molar refractivity (Wildman–Crippen MR) is 203 cm³/mol. The second kappa shape index (κ2) is 21.9. The second-order valence-corrected chi connectivity index (χ2v) is 14.1. The maximum absolute atomic E-state index is 14.8. The van der Waals surface area contributed by atoms with Gasteiger partial charge in [0.05, 0.1) is 11.3 Å². The SMILES string of the molecule is CCCCCCCCCCCCCCCCCc1[nH]c(-c2cccc(F)c2F)nc1-c1ccc2ccc(CCCCCCCC)cc2c1. The number of H-pyrrole nitrogens is 1. The zero-order chi connectivity index (χ0) is 33.8. The molecule has 0 aliphatic carbocycles. The maximum Gasteiger partial charge on any atom is 0.169 e. The Labute approximate surface area is 290 Å². The van der Waals surface area contributed by atoms with Gasteiger partial charge in [-0.1, -0.05) is 172 Å². The van der Waals surface area contributed by atoms with Gasteiger partial charge in [0, 0.05) is 11.3 Å². The van der Waals surface area contributed by atoms with E-state index in [-0.39, 0.29) is 5.56 Å². The fraction of sp³-hybridized carbons (Fsp3) is 0.568. The summed E-state index contributed by atoms with van der Waals surface area (Å²) < 4.78 is 29.0. The van der Waals surface area contributed by atoms with E-state index in [2.05, 4.69) is 55.2 Å². The molecule has 0 bridgehead atoms. The minimum atomic E-state index is -0.853. The Hall–Kier alpha value is -3.01. The van der Waals surface area contributed by atoms with E-state index in [0.717, 1.165) is 42.3 Å². The van der Waals surface area contributed by atoms with Crippen molar-refractivity contribution in [1.82, 2.24) is 9.97 Å². The number of aromatic nitrogens is 2. The quantitative estimate of drug-likeness (QED) is 0.0707. The highest BCUT2D eigenvalue weighted by Gasteiger charge is 2.18. The van der Waals surface area contributed by atoms with Gasteiger partial charge in [0.15, 0.2) is 11.6 Å². The van der Waals surface area contributed by atoms with Crippen LogP contribution in [0.5, 0.6) is 0 Å². The number of nitrogens with one attached hydrogen (secondary N) is 1. The molecule has 0 amide bonds. The number of aromatic amines is 1. The summed E-state index contributed by atoms with van der Waals surface area (Å²) in [5.74, 6) is -1.30. The molecule has 48 heavy (non-hydrogen) atoms. The van der Waals surface area contributed by atoms with Crippen LogP contribution in [0.2, 0.25) is 0 Å². The molecule has 0 unspecified atom stereocenters. The summed E-state index contributed by atoms with van der Waals surface area (Å²) in [4.78, 5) is 8.30. The number of rotatable bonds is 25. The van der Waals surface area contributed by atoms with Crippen LogP contribution in [0.3, 0.4) is 0 Å². The number of nitrogens with zero attached hydrogens (tertiary/aromatic N) is 1. The summed E-state index contributed by atoms with van der Waals surface area (Å²) in [5.41, 5.74) is 4.43. The minimum absolute atomic E-state index is 0.181. The second-order valence-electron chi connectivity index (χ2n) is 14.1. The molecule has 1 aromatic heterocycles. The van der Waals surface area contributed by atoms with Crippen LogP contribution in [0, 0.1) is 11.6 Å². The monoisotopic (exact) mass is 656 g/mol. The van der Waals surface area contributed by atoms with Crippen molar-refractivity contribution in [2.24, 2.45) is 0 Å². The van der Waals surface area contributed by atoms with E-state index in [1.54, 1.807) is 12.1 Å². The van der Waals surface area contributed by atoms with E-state index in [9.17, 15) is 8.78 Å². The molecule has 0 spiro atoms. The van der Waals surface area contributed by atoms with Crippen molar-refractivity contribution < 1.29 is 8.78 Å². The van der Waals surface area contributed by atoms with E-state index < -0.39 is 11.6 Å². The number of hydrogen-bond donors (Lipinski definition) is 1. The topological polar surface area (TPSA) is 28.7 Å². The number of halogens is 2. The largest absolute Gasteiger partial charge is 0.341 e. The van der Waals surface area contributed by atoms with Gasteiger partial charge in [-0.15, -0.1) is 0 Å². The maximum atomic E-state index is 14.8. The minimum Gasteiger partial charge on any atom is -0.341 e. The molecule has 4 aromatic rings. The lowest BCUT2D eigenvalue weighted by molar-refractivity contribution is 0.510. The Morgan fingerprint density at radius 3 is 1.69 bits per heavy atom. The molecular weight excluding hydrogens is 594 g/mol. The molecule has 2 nitrogen and oxygen atoms in total. The number of fused-ring (bicyclic) bond motifs is 1. The van der Waals surface area contributed by atoms with Gasteiger partial charge in [-0.05, 0) is 60.2 Å². The van der Waals surface area contributed by atoms with Gasteiger partial charge >= 0.3 is 0 Å². The van der Waals surface area contributed by atoms with Gasteiger partial charge < -0.3 is 4.98 Å². The Kier molecular flexibility index (Phi) is 17.2. The lowest BCUT2D eigenvalue weighted by atomic mass is 9.98. The highest BCUT2D eigenvalue weighted by molar-refractivity contribution is 5.88.